The van der Waals surface area contributed by atoms with Crippen LogP contribution in [0.5, 0.6) is 11.5 Å². The fourth-order valence-electron chi connectivity index (χ4n) is 3.21. The number of carbonyl (C=O) groups is 1. The Labute approximate surface area is 148 Å². The van der Waals surface area contributed by atoms with Crippen LogP contribution in [0.25, 0.3) is 0 Å². The highest BCUT2D eigenvalue weighted by Crippen LogP contribution is 2.31. The Kier molecular flexibility index (Phi) is 5.43. The highest BCUT2D eigenvalue weighted by atomic mass is 16.5. The van der Waals surface area contributed by atoms with Gasteiger partial charge in [0.1, 0.15) is 11.5 Å². The predicted octanol–water partition coefficient (Wildman–Crippen LogP) is 2.96. The topological polar surface area (TPSA) is 50.8 Å². The third-order valence-electron chi connectivity index (χ3n) is 4.59. The number of nitrogens with zero attached hydrogens (tertiary/aromatic N) is 1. The Morgan fingerprint density at radius 2 is 2.00 bits per heavy atom. The quantitative estimate of drug-likeness (QED) is 0.878. The van der Waals surface area contributed by atoms with E-state index in [2.05, 4.69) is 16.3 Å². The molecule has 5 heteroatoms. The molecule has 1 heterocycles. The summed E-state index contributed by atoms with van der Waals surface area (Å²) in [5.74, 6) is 1.95. The minimum Gasteiger partial charge on any atom is -0.497 e. The van der Waals surface area contributed by atoms with E-state index in [4.69, 9.17) is 9.47 Å². The van der Waals surface area contributed by atoms with Gasteiger partial charge in [-0.15, -0.1) is 0 Å². The zero-order chi connectivity index (χ0) is 17.6. The molecule has 5 nitrogen and oxygen atoms in total. The van der Waals surface area contributed by atoms with Gasteiger partial charge in [0.05, 0.1) is 19.9 Å². The Morgan fingerprint density at radius 1 is 1.16 bits per heavy atom. The summed E-state index contributed by atoms with van der Waals surface area (Å²) in [7, 11) is 3.29. The summed E-state index contributed by atoms with van der Waals surface area (Å²) in [5, 5.41) is 3.04. The molecule has 0 spiro atoms. The summed E-state index contributed by atoms with van der Waals surface area (Å²) in [6.07, 6.45) is 1.05. The Morgan fingerprint density at radius 3 is 2.80 bits per heavy atom. The smallest absolute Gasteiger partial charge is 0.251 e. The van der Waals surface area contributed by atoms with Gasteiger partial charge in [-0.1, -0.05) is 18.2 Å². The van der Waals surface area contributed by atoms with Crippen molar-refractivity contribution in [1.29, 1.82) is 0 Å². The molecular weight excluding hydrogens is 316 g/mol. The SMILES string of the molecule is COc1cccc(C(=O)NC[C@H]2CCN(c3ccccc3OC)C2)c1. The standard InChI is InChI=1S/C20H24N2O3/c1-24-17-7-5-6-16(12-17)20(23)21-13-15-10-11-22(14-15)18-8-3-4-9-19(18)25-2/h3-9,12,15H,10-11,13-14H2,1-2H3,(H,21,23)/t15-/m1/s1. The fourth-order valence-corrected chi connectivity index (χ4v) is 3.21. The van der Waals surface area contributed by atoms with Crippen molar-refractivity contribution in [3.05, 3.63) is 54.1 Å². The van der Waals surface area contributed by atoms with E-state index in [0.29, 0.717) is 23.8 Å². The molecule has 1 fully saturated rings. The van der Waals surface area contributed by atoms with Crippen molar-refractivity contribution in [2.24, 2.45) is 5.92 Å². The second kappa shape index (κ2) is 7.92. The van der Waals surface area contributed by atoms with Gasteiger partial charge in [-0.05, 0) is 42.7 Å². The number of carbonyl (C=O) groups excluding carboxylic acids is 1. The fraction of sp³-hybridized carbons (Fsp3) is 0.350. The summed E-state index contributed by atoms with van der Waals surface area (Å²) in [6.45, 7) is 2.56. The number of amides is 1. The van der Waals surface area contributed by atoms with Crippen LogP contribution in [0, 0.1) is 5.92 Å². The lowest BCUT2D eigenvalue weighted by Gasteiger charge is -2.21. The lowest BCUT2D eigenvalue weighted by Crippen LogP contribution is -2.31. The minimum atomic E-state index is -0.0605. The van der Waals surface area contributed by atoms with Crippen LogP contribution >= 0.6 is 0 Å². The molecule has 1 aliphatic heterocycles. The van der Waals surface area contributed by atoms with Gasteiger partial charge in [0.15, 0.2) is 0 Å². The van der Waals surface area contributed by atoms with E-state index in [-0.39, 0.29) is 5.91 Å². The highest BCUT2D eigenvalue weighted by Gasteiger charge is 2.25. The molecule has 1 N–H and O–H groups in total. The summed E-state index contributed by atoms with van der Waals surface area (Å²) >= 11 is 0. The maximum absolute atomic E-state index is 12.3. The van der Waals surface area contributed by atoms with Crippen molar-refractivity contribution in [2.45, 2.75) is 6.42 Å². The zero-order valence-corrected chi connectivity index (χ0v) is 14.7. The van der Waals surface area contributed by atoms with Crippen molar-refractivity contribution < 1.29 is 14.3 Å². The summed E-state index contributed by atoms with van der Waals surface area (Å²) in [5.41, 5.74) is 1.74. The Balaban J connectivity index is 1.55. The van der Waals surface area contributed by atoms with Crippen LogP contribution in [0.1, 0.15) is 16.8 Å². The van der Waals surface area contributed by atoms with E-state index in [1.54, 1.807) is 26.4 Å². The van der Waals surface area contributed by atoms with E-state index in [0.717, 1.165) is 30.9 Å². The van der Waals surface area contributed by atoms with Gasteiger partial charge in [-0.2, -0.15) is 0 Å². The largest absolute Gasteiger partial charge is 0.497 e. The molecule has 25 heavy (non-hydrogen) atoms. The van der Waals surface area contributed by atoms with E-state index >= 15 is 0 Å². The first-order chi connectivity index (χ1) is 12.2. The molecule has 0 aliphatic carbocycles. The highest BCUT2D eigenvalue weighted by molar-refractivity contribution is 5.94. The van der Waals surface area contributed by atoms with Crippen molar-refractivity contribution in [1.82, 2.24) is 5.32 Å². The van der Waals surface area contributed by atoms with Crippen molar-refractivity contribution in [3.8, 4) is 11.5 Å². The second-order valence-electron chi connectivity index (χ2n) is 6.21. The van der Waals surface area contributed by atoms with Crippen molar-refractivity contribution >= 4 is 11.6 Å². The molecular formula is C20H24N2O3. The molecule has 0 saturated carbocycles. The number of rotatable bonds is 6. The molecule has 1 saturated heterocycles. The van der Waals surface area contributed by atoms with Crippen molar-refractivity contribution in [3.63, 3.8) is 0 Å². The van der Waals surface area contributed by atoms with Crippen LogP contribution in [0.3, 0.4) is 0 Å². The third-order valence-corrected chi connectivity index (χ3v) is 4.59. The van der Waals surface area contributed by atoms with Gasteiger partial charge >= 0.3 is 0 Å². The van der Waals surface area contributed by atoms with Gasteiger partial charge in [0.2, 0.25) is 0 Å². The van der Waals surface area contributed by atoms with E-state index in [9.17, 15) is 4.79 Å². The van der Waals surface area contributed by atoms with Gasteiger partial charge in [0.25, 0.3) is 5.91 Å². The average molecular weight is 340 g/mol. The molecule has 3 rings (SSSR count). The number of anilines is 1. The first-order valence-electron chi connectivity index (χ1n) is 8.51. The minimum absolute atomic E-state index is 0.0605. The monoisotopic (exact) mass is 340 g/mol. The maximum Gasteiger partial charge on any atom is 0.251 e. The normalized spacial score (nSPS) is 16.6. The van der Waals surface area contributed by atoms with Crippen LogP contribution in [0.2, 0.25) is 0 Å². The third kappa shape index (κ3) is 4.05. The molecule has 1 amide bonds. The number of para-hydroxylation sites is 2. The maximum atomic E-state index is 12.3. The molecule has 0 unspecified atom stereocenters. The lowest BCUT2D eigenvalue weighted by atomic mass is 10.1. The number of hydrogen-bond acceptors (Lipinski definition) is 4. The molecule has 2 aromatic carbocycles. The number of methoxy groups -OCH3 is 2. The van der Waals surface area contributed by atoms with Crippen LogP contribution in [-0.4, -0.2) is 39.8 Å². The van der Waals surface area contributed by atoms with Crippen molar-refractivity contribution in [2.75, 3.05) is 38.8 Å². The average Bonchev–Trinajstić information content (AvgIpc) is 3.15. The molecule has 132 valence electrons. The summed E-state index contributed by atoms with van der Waals surface area (Å²) < 4.78 is 10.6. The summed E-state index contributed by atoms with van der Waals surface area (Å²) in [6, 6.07) is 15.3. The molecule has 0 bridgehead atoms. The molecule has 1 aliphatic rings. The number of nitrogens with one attached hydrogen (secondary N) is 1. The number of benzene rings is 2. The Hall–Kier alpha value is -2.69. The van der Waals surface area contributed by atoms with Gasteiger partial charge in [-0.3, -0.25) is 4.79 Å². The first-order valence-corrected chi connectivity index (χ1v) is 8.51. The summed E-state index contributed by atoms with van der Waals surface area (Å²) in [4.78, 5) is 14.6. The zero-order valence-electron chi connectivity index (χ0n) is 14.7. The number of ether oxygens (including phenoxy) is 2. The van der Waals surface area contributed by atoms with Crippen LogP contribution in [0.15, 0.2) is 48.5 Å². The lowest BCUT2D eigenvalue weighted by molar-refractivity contribution is 0.0948. The molecule has 2 aromatic rings. The van der Waals surface area contributed by atoms with E-state index in [1.165, 1.54) is 0 Å². The van der Waals surface area contributed by atoms with Gasteiger partial charge < -0.3 is 19.7 Å². The number of hydrogen-bond donors (Lipinski definition) is 1. The predicted molar refractivity (Wildman–Crippen MR) is 98.6 cm³/mol. The molecule has 1 atom stereocenters. The molecule has 0 radical (unpaired) electrons. The van der Waals surface area contributed by atoms with Crippen LogP contribution in [-0.2, 0) is 0 Å². The Bertz CT molecular complexity index is 732. The van der Waals surface area contributed by atoms with E-state index in [1.807, 2.05) is 30.3 Å². The van der Waals surface area contributed by atoms with Crippen LogP contribution < -0.4 is 19.7 Å². The molecule has 0 aromatic heterocycles. The van der Waals surface area contributed by atoms with Crippen LogP contribution in [0.4, 0.5) is 5.69 Å². The van der Waals surface area contributed by atoms with Gasteiger partial charge in [0, 0.05) is 25.2 Å². The van der Waals surface area contributed by atoms with E-state index < -0.39 is 0 Å². The second-order valence-corrected chi connectivity index (χ2v) is 6.21. The first kappa shape index (κ1) is 17.1. The van der Waals surface area contributed by atoms with Gasteiger partial charge in [-0.25, -0.2) is 0 Å².